The second kappa shape index (κ2) is 12.8. The summed E-state index contributed by atoms with van der Waals surface area (Å²) < 4.78 is 10.3. The zero-order chi connectivity index (χ0) is 25.9. The fraction of sp³-hybridized carbons (Fsp3) is 0.222. The van der Waals surface area contributed by atoms with Crippen LogP contribution in [0.5, 0.6) is 5.75 Å². The highest BCUT2D eigenvalue weighted by molar-refractivity contribution is 6.04. The van der Waals surface area contributed by atoms with Gasteiger partial charge in [-0.3, -0.25) is 14.9 Å². The van der Waals surface area contributed by atoms with Crippen LogP contribution >= 0.6 is 0 Å². The molecule has 0 saturated carbocycles. The normalized spacial score (nSPS) is 10.2. The van der Waals surface area contributed by atoms with Crippen molar-refractivity contribution in [1.82, 2.24) is 0 Å². The van der Waals surface area contributed by atoms with Crippen LogP contribution < -0.4 is 26.0 Å². The minimum Gasteiger partial charge on any atom is -0.494 e. The molecular weight excluding hydrogens is 460 g/mol. The maximum absolute atomic E-state index is 12.5. The zero-order valence-electron chi connectivity index (χ0n) is 20.5. The highest BCUT2D eigenvalue weighted by atomic mass is 16.5. The largest absolute Gasteiger partial charge is 0.494 e. The third kappa shape index (κ3) is 7.49. The number of anilines is 4. The van der Waals surface area contributed by atoms with Crippen molar-refractivity contribution < 1.29 is 23.9 Å². The molecule has 3 aromatic rings. The molecule has 0 saturated heterocycles. The molecule has 0 aliphatic heterocycles. The Balaban J connectivity index is 1.51. The number of rotatable bonds is 10. The zero-order valence-corrected chi connectivity index (χ0v) is 20.5. The van der Waals surface area contributed by atoms with Gasteiger partial charge in [-0.15, -0.1) is 0 Å². The lowest BCUT2D eigenvalue weighted by atomic mass is 10.1. The summed E-state index contributed by atoms with van der Waals surface area (Å²) >= 11 is 0. The van der Waals surface area contributed by atoms with Gasteiger partial charge in [-0.2, -0.15) is 0 Å². The minimum absolute atomic E-state index is 0.0175. The number of benzene rings is 3. The predicted molar refractivity (Wildman–Crippen MR) is 141 cm³/mol. The Morgan fingerprint density at radius 2 is 1.39 bits per heavy atom. The Kier molecular flexibility index (Phi) is 9.27. The summed E-state index contributed by atoms with van der Waals surface area (Å²) in [5.74, 6) is 0.219. The van der Waals surface area contributed by atoms with E-state index < -0.39 is 6.09 Å². The van der Waals surface area contributed by atoms with Gasteiger partial charge in [0.15, 0.2) is 0 Å². The fourth-order valence-corrected chi connectivity index (χ4v) is 3.33. The lowest BCUT2D eigenvalue weighted by Gasteiger charge is -2.14. The lowest BCUT2D eigenvalue weighted by Crippen LogP contribution is -2.22. The van der Waals surface area contributed by atoms with Crippen LogP contribution in [0.25, 0.3) is 0 Å². The van der Waals surface area contributed by atoms with Crippen molar-refractivity contribution in [3.8, 4) is 5.75 Å². The van der Waals surface area contributed by atoms with Gasteiger partial charge in [-0.25, -0.2) is 4.79 Å². The summed E-state index contributed by atoms with van der Waals surface area (Å²) in [6.07, 6.45) is -0.535. The Morgan fingerprint density at radius 1 is 0.750 bits per heavy atom. The Hall–Kier alpha value is -4.53. The molecule has 3 rings (SSSR count). The molecule has 0 bridgehead atoms. The molecule has 3 aromatic carbocycles. The van der Waals surface area contributed by atoms with E-state index in [1.54, 1.807) is 67.6 Å². The van der Waals surface area contributed by atoms with Gasteiger partial charge in [0.1, 0.15) is 5.75 Å². The first-order valence-corrected chi connectivity index (χ1v) is 11.6. The average Bonchev–Trinajstić information content (AvgIpc) is 2.86. The molecule has 0 aliphatic carbocycles. The van der Waals surface area contributed by atoms with E-state index in [1.165, 1.54) is 0 Å². The van der Waals surface area contributed by atoms with E-state index in [1.807, 2.05) is 19.9 Å². The molecule has 4 N–H and O–H groups in total. The van der Waals surface area contributed by atoms with Crippen molar-refractivity contribution in [2.45, 2.75) is 20.8 Å². The van der Waals surface area contributed by atoms with E-state index in [2.05, 4.69) is 21.3 Å². The summed E-state index contributed by atoms with van der Waals surface area (Å²) in [7, 11) is 0. The van der Waals surface area contributed by atoms with Crippen LogP contribution in [0.4, 0.5) is 27.5 Å². The number of hydrogen-bond acceptors (Lipinski definition) is 6. The third-order valence-electron chi connectivity index (χ3n) is 5.14. The van der Waals surface area contributed by atoms with Gasteiger partial charge < -0.3 is 25.4 Å². The number of carbonyl (C=O) groups is 3. The van der Waals surface area contributed by atoms with E-state index in [-0.39, 0.29) is 25.0 Å². The maximum atomic E-state index is 12.5. The molecule has 0 radical (unpaired) electrons. The number of ether oxygens (including phenoxy) is 2. The average molecular weight is 491 g/mol. The second-order valence-corrected chi connectivity index (χ2v) is 7.71. The highest BCUT2D eigenvalue weighted by Gasteiger charge is 2.10. The van der Waals surface area contributed by atoms with Crippen molar-refractivity contribution >= 4 is 40.7 Å². The van der Waals surface area contributed by atoms with Crippen LogP contribution in [0.2, 0.25) is 0 Å². The summed E-state index contributed by atoms with van der Waals surface area (Å²) in [4.78, 5) is 36.6. The smallest absolute Gasteiger partial charge is 0.411 e. The van der Waals surface area contributed by atoms with Gasteiger partial charge >= 0.3 is 6.09 Å². The standard InChI is InChI=1S/C27H30N4O5/c1-4-35-22-15-13-21(14-16-22)30-26(33)19-9-11-20(12-10-19)29-25(32)17-28-23-7-6-8-24(18(23)3)31-27(34)36-5-2/h6-16,28H,4-5,17H2,1-3H3,(H,29,32)(H,30,33)(H,31,34). The Labute approximate surface area is 210 Å². The van der Waals surface area contributed by atoms with Crippen molar-refractivity contribution in [3.63, 3.8) is 0 Å². The maximum Gasteiger partial charge on any atom is 0.411 e. The van der Waals surface area contributed by atoms with E-state index >= 15 is 0 Å². The first kappa shape index (κ1) is 26.1. The van der Waals surface area contributed by atoms with Crippen LogP contribution in [0.3, 0.4) is 0 Å². The predicted octanol–water partition coefficient (Wildman–Crippen LogP) is 5.27. The molecule has 3 amide bonds. The van der Waals surface area contributed by atoms with Gasteiger partial charge in [0.05, 0.1) is 19.8 Å². The van der Waals surface area contributed by atoms with E-state index in [4.69, 9.17) is 9.47 Å². The molecule has 0 atom stereocenters. The number of carbonyl (C=O) groups excluding carboxylic acids is 3. The quantitative estimate of drug-likeness (QED) is 0.308. The van der Waals surface area contributed by atoms with Crippen LogP contribution in [0, 0.1) is 6.92 Å². The van der Waals surface area contributed by atoms with E-state index in [9.17, 15) is 14.4 Å². The monoisotopic (exact) mass is 490 g/mol. The summed E-state index contributed by atoms with van der Waals surface area (Å²) in [5.41, 5.74) is 3.76. The van der Waals surface area contributed by atoms with Gasteiger partial charge in [-0.1, -0.05) is 6.07 Å². The fourth-order valence-electron chi connectivity index (χ4n) is 3.33. The molecule has 9 heteroatoms. The van der Waals surface area contributed by atoms with Gasteiger partial charge in [-0.05, 0) is 87.0 Å². The Morgan fingerprint density at radius 3 is 2.06 bits per heavy atom. The molecule has 0 fully saturated rings. The van der Waals surface area contributed by atoms with E-state index in [0.717, 1.165) is 11.3 Å². The molecule has 0 aromatic heterocycles. The first-order valence-electron chi connectivity index (χ1n) is 11.6. The highest BCUT2D eigenvalue weighted by Crippen LogP contribution is 2.23. The minimum atomic E-state index is -0.535. The third-order valence-corrected chi connectivity index (χ3v) is 5.14. The number of nitrogens with one attached hydrogen (secondary N) is 4. The van der Waals surface area contributed by atoms with Crippen LogP contribution in [0.1, 0.15) is 29.8 Å². The lowest BCUT2D eigenvalue weighted by molar-refractivity contribution is -0.114. The van der Waals surface area contributed by atoms with Crippen molar-refractivity contribution in [2.75, 3.05) is 41.0 Å². The molecule has 188 valence electrons. The van der Waals surface area contributed by atoms with Gasteiger partial charge in [0, 0.05) is 28.3 Å². The molecule has 0 unspecified atom stereocenters. The summed E-state index contributed by atoms with van der Waals surface area (Å²) in [6.45, 7) is 6.34. The molecular formula is C27H30N4O5. The van der Waals surface area contributed by atoms with Crippen molar-refractivity contribution in [1.29, 1.82) is 0 Å². The summed E-state index contributed by atoms with van der Waals surface area (Å²) in [6, 6.07) is 19.1. The molecule has 0 heterocycles. The van der Waals surface area contributed by atoms with Crippen LogP contribution in [-0.4, -0.2) is 37.7 Å². The molecule has 9 nitrogen and oxygen atoms in total. The van der Waals surface area contributed by atoms with Gasteiger partial charge in [0.25, 0.3) is 5.91 Å². The van der Waals surface area contributed by atoms with E-state index in [0.29, 0.717) is 34.9 Å². The topological polar surface area (TPSA) is 118 Å². The Bertz CT molecular complexity index is 1190. The van der Waals surface area contributed by atoms with Crippen LogP contribution in [0.15, 0.2) is 66.7 Å². The van der Waals surface area contributed by atoms with Crippen molar-refractivity contribution in [3.05, 3.63) is 77.9 Å². The number of hydrogen-bond donors (Lipinski definition) is 4. The van der Waals surface area contributed by atoms with Gasteiger partial charge in [0.2, 0.25) is 5.91 Å². The van der Waals surface area contributed by atoms with Crippen LogP contribution in [-0.2, 0) is 9.53 Å². The van der Waals surface area contributed by atoms with Crippen molar-refractivity contribution in [2.24, 2.45) is 0 Å². The molecule has 0 spiro atoms. The molecule has 0 aliphatic rings. The second-order valence-electron chi connectivity index (χ2n) is 7.71. The summed E-state index contributed by atoms with van der Waals surface area (Å²) in [5, 5.41) is 11.4. The molecule has 36 heavy (non-hydrogen) atoms. The first-order chi connectivity index (χ1) is 17.4. The number of amides is 3. The SMILES string of the molecule is CCOC(=O)Nc1cccc(NCC(=O)Nc2ccc(C(=O)Nc3ccc(OCC)cc3)cc2)c1C.